The van der Waals surface area contributed by atoms with Crippen LogP contribution < -0.4 is 5.32 Å². The van der Waals surface area contributed by atoms with E-state index in [1.807, 2.05) is 14.1 Å². The monoisotopic (exact) mass is 141 g/mol. The smallest absolute Gasteiger partial charge is 0.0167 e. The number of nitrogens with one attached hydrogen (secondary N) is 1. The Bertz CT molecular complexity index is 80.7. The lowest BCUT2D eigenvalue weighted by atomic mass is 10.0. The van der Waals surface area contributed by atoms with Gasteiger partial charge in [0.2, 0.25) is 0 Å². The van der Waals surface area contributed by atoms with Gasteiger partial charge in [0.25, 0.3) is 0 Å². The molecule has 2 aliphatic carbocycles. The number of hydrogen-bond donors (Lipinski definition) is 1. The fourth-order valence-electron chi connectivity index (χ4n) is 1.83. The van der Waals surface area contributed by atoms with Gasteiger partial charge < -0.3 is 5.32 Å². The van der Waals surface area contributed by atoms with Crippen molar-refractivity contribution in [1.29, 1.82) is 0 Å². The summed E-state index contributed by atoms with van der Waals surface area (Å²) in [5.41, 5.74) is 0. The Balaban J connectivity index is 0.000000148. The fourth-order valence-corrected chi connectivity index (χ4v) is 1.83. The van der Waals surface area contributed by atoms with Crippen molar-refractivity contribution in [2.24, 2.45) is 11.8 Å². The maximum atomic E-state index is 2.75. The molecule has 2 unspecified atom stereocenters. The molecular formula is C9H19N. The molecule has 0 bridgehead atoms. The topological polar surface area (TPSA) is 12.0 Å². The molecule has 0 aromatic rings. The SMILES string of the molecule is C1CCC2CC2C1.CNC. The summed E-state index contributed by atoms with van der Waals surface area (Å²) in [6.45, 7) is 0. The molecular weight excluding hydrogens is 122 g/mol. The van der Waals surface area contributed by atoms with E-state index in [4.69, 9.17) is 0 Å². The largest absolute Gasteiger partial charge is 0.323 e. The third-order valence-electron chi connectivity index (χ3n) is 2.47. The van der Waals surface area contributed by atoms with Gasteiger partial charge >= 0.3 is 0 Å². The van der Waals surface area contributed by atoms with Crippen molar-refractivity contribution in [1.82, 2.24) is 5.32 Å². The lowest BCUT2D eigenvalue weighted by Crippen LogP contribution is -1.91. The Morgan fingerprint density at radius 2 is 1.40 bits per heavy atom. The molecule has 2 atom stereocenters. The van der Waals surface area contributed by atoms with E-state index in [9.17, 15) is 0 Å². The minimum Gasteiger partial charge on any atom is -0.323 e. The maximum absolute atomic E-state index is 2.75. The summed E-state index contributed by atoms with van der Waals surface area (Å²) in [6, 6.07) is 0. The van der Waals surface area contributed by atoms with E-state index in [1.165, 1.54) is 24.7 Å². The summed E-state index contributed by atoms with van der Waals surface area (Å²) < 4.78 is 0. The summed E-state index contributed by atoms with van der Waals surface area (Å²) in [5.74, 6) is 2.41. The highest BCUT2D eigenvalue weighted by Crippen LogP contribution is 2.49. The molecule has 0 heterocycles. The van der Waals surface area contributed by atoms with Gasteiger partial charge in [-0.2, -0.15) is 0 Å². The lowest BCUT2D eigenvalue weighted by Gasteiger charge is -2.05. The lowest BCUT2D eigenvalue weighted by molar-refractivity contribution is 0.480. The first kappa shape index (κ1) is 8.06. The average molecular weight is 141 g/mol. The minimum atomic E-state index is 1.20. The zero-order chi connectivity index (χ0) is 7.40. The van der Waals surface area contributed by atoms with Gasteiger partial charge in [0.1, 0.15) is 0 Å². The van der Waals surface area contributed by atoms with Crippen LogP contribution >= 0.6 is 0 Å². The second-order valence-corrected chi connectivity index (χ2v) is 3.54. The van der Waals surface area contributed by atoms with E-state index >= 15 is 0 Å². The first-order valence-electron chi connectivity index (χ1n) is 4.47. The normalized spacial score (nSPS) is 35.4. The molecule has 1 N–H and O–H groups in total. The van der Waals surface area contributed by atoms with Crippen molar-refractivity contribution in [2.75, 3.05) is 14.1 Å². The van der Waals surface area contributed by atoms with E-state index in [2.05, 4.69) is 5.32 Å². The minimum absolute atomic E-state index is 1.20. The van der Waals surface area contributed by atoms with Crippen LogP contribution in [-0.2, 0) is 0 Å². The van der Waals surface area contributed by atoms with E-state index < -0.39 is 0 Å². The molecule has 0 aromatic heterocycles. The van der Waals surface area contributed by atoms with Crippen LogP contribution in [-0.4, -0.2) is 14.1 Å². The third-order valence-corrected chi connectivity index (χ3v) is 2.47. The molecule has 60 valence electrons. The molecule has 1 heteroatoms. The molecule has 2 rings (SSSR count). The first-order chi connectivity index (χ1) is 4.88. The van der Waals surface area contributed by atoms with Crippen LogP contribution in [0.4, 0.5) is 0 Å². The van der Waals surface area contributed by atoms with E-state index in [0.717, 1.165) is 0 Å². The molecule has 10 heavy (non-hydrogen) atoms. The van der Waals surface area contributed by atoms with Crippen LogP contribution in [0.15, 0.2) is 0 Å². The summed E-state index contributed by atoms with van der Waals surface area (Å²) in [7, 11) is 3.75. The van der Waals surface area contributed by atoms with Crippen LogP contribution in [0.25, 0.3) is 0 Å². The highest BCUT2D eigenvalue weighted by Gasteiger charge is 2.37. The molecule has 0 saturated heterocycles. The molecule has 0 amide bonds. The summed E-state index contributed by atoms with van der Waals surface area (Å²) >= 11 is 0. The Morgan fingerprint density at radius 3 is 1.70 bits per heavy atom. The Labute approximate surface area is 64.2 Å². The van der Waals surface area contributed by atoms with Crippen molar-refractivity contribution in [3.8, 4) is 0 Å². The van der Waals surface area contributed by atoms with Crippen LogP contribution in [0.3, 0.4) is 0 Å². The molecule has 2 saturated carbocycles. The van der Waals surface area contributed by atoms with Crippen molar-refractivity contribution in [3.63, 3.8) is 0 Å². The van der Waals surface area contributed by atoms with Gasteiger partial charge in [0, 0.05) is 0 Å². The van der Waals surface area contributed by atoms with Crippen molar-refractivity contribution >= 4 is 0 Å². The Morgan fingerprint density at radius 1 is 1.00 bits per heavy atom. The number of fused-ring (bicyclic) bond motifs is 1. The van der Waals surface area contributed by atoms with E-state index in [-0.39, 0.29) is 0 Å². The van der Waals surface area contributed by atoms with Gasteiger partial charge in [-0.25, -0.2) is 0 Å². The third kappa shape index (κ3) is 2.30. The second kappa shape index (κ2) is 3.97. The zero-order valence-electron chi connectivity index (χ0n) is 7.19. The van der Waals surface area contributed by atoms with Gasteiger partial charge in [-0.3, -0.25) is 0 Å². The molecule has 0 aliphatic heterocycles. The van der Waals surface area contributed by atoms with Crippen LogP contribution in [0.2, 0.25) is 0 Å². The fraction of sp³-hybridized carbons (Fsp3) is 1.00. The summed E-state index contributed by atoms with van der Waals surface area (Å²) in [4.78, 5) is 0. The molecule has 0 radical (unpaired) electrons. The number of rotatable bonds is 0. The molecule has 0 spiro atoms. The number of hydrogen-bond acceptors (Lipinski definition) is 1. The van der Waals surface area contributed by atoms with Crippen LogP contribution in [0, 0.1) is 11.8 Å². The van der Waals surface area contributed by atoms with Crippen molar-refractivity contribution in [2.45, 2.75) is 32.1 Å². The second-order valence-electron chi connectivity index (χ2n) is 3.54. The van der Waals surface area contributed by atoms with Gasteiger partial charge in [-0.1, -0.05) is 25.7 Å². The van der Waals surface area contributed by atoms with E-state index in [1.54, 1.807) is 19.3 Å². The molecule has 0 aromatic carbocycles. The van der Waals surface area contributed by atoms with Gasteiger partial charge in [0.05, 0.1) is 0 Å². The van der Waals surface area contributed by atoms with Crippen molar-refractivity contribution < 1.29 is 0 Å². The molecule has 2 aliphatic rings. The van der Waals surface area contributed by atoms with E-state index in [0.29, 0.717) is 0 Å². The molecule has 2 fully saturated rings. The molecule has 1 nitrogen and oxygen atoms in total. The van der Waals surface area contributed by atoms with Crippen LogP contribution in [0.1, 0.15) is 32.1 Å². The highest BCUT2D eigenvalue weighted by molar-refractivity contribution is 4.88. The van der Waals surface area contributed by atoms with Crippen molar-refractivity contribution in [3.05, 3.63) is 0 Å². The highest BCUT2D eigenvalue weighted by atomic mass is 14.7. The predicted octanol–water partition coefficient (Wildman–Crippen LogP) is 2.03. The quantitative estimate of drug-likeness (QED) is 0.544. The average Bonchev–Trinajstić information content (AvgIpc) is 2.66. The standard InChI is InChI=1S/C7H12.C2H7N/c1-2-4-7-5-6(7)3-1;1-3-2/h6-7H,1-5H2;3H,1-2H3. The Kier molecular flexibility index (Phi) is 3.20. The summed E-state index contributed by atoms with van der Waals surface area (Å²) in [6.07, 6.45) is 7.76. The zero-order valence-corrected chi connectivity index (χ0v) is 7.19. The van der Waals surface area contributed by atoms with Gasteiger partial charge in [0.15, 0.2) is 0 Å². The van der Waals surface area contributed by atoms with Gasteiger partial charge in [-0.15, -0.1) is 0 Å². The summed E-state index contributed by atoms with van der Waals surface area (Å²) in [5, 5.41) is 2.75. The van der Waals surface area contributed by atoms with Gasteiger partial charge in [-0.05, 0) is 32.4 Å². The maximum Gasteiger partial charge on any atom is -0.0167 e. The first-order valence-corrected chi connectivity index (χ1v) is 4.47. The van der Waals surface area contributed by atoms with Crippen LogP contribution in [0.5, 0.6) is 0 Å². The predicted molar refractivity (Wildman–Crippen MR) is 45.0 cm³/mol. The Hall–Kier alpha value is -0.0400.